The van der Waals surface area contributed by atoms with Crippen LogP contribution in [0.3, 0.4) is 0 Å². The summed E-state index contributed by atoms with van der Waals surface area (Å²) in [5, 5.41) is 13.1. The molecule has 5 rings (SSSR count). The van der Waals surface area contributed by atoms with Crippen molar-refractivity contribution in [3.8, 4) is 11.1 Å². The molecule has 1 saturated heterocycles. The maximum Gasteiger partial charge on any atom is 0.416 e. The fourth-order valence-electron chi connectivity index (χ4n) is 5.84. The third-order valence-corrected chi connectivity index (χ3v) is 7.90. The first-order valence-electron chi connectivity index (χ1n) is 14.2. The number of fused-ring (bicyclic) bond motifs is 3. The summed E-state index contributed by atoms with van der Waals surface area (Å²) in [4.78, 5) is 40.6. The number of nitrogens with zero attached hydrogens (tertiary/aromatic N) is 1. The highest BCUT2D eigenvalue weighted by molar-refractivity contribution is 5.88. The minimum Gasteiger partial charge on any atom is -0.480 e. The monoisotopic (exact) mass is 610 g/mol. The number of benzene rings is 3. The Kier molecular flexibility index (Phi) is 8.19. The molecule has 1 amide bonds. The molecule has 8 nitrogen and oxygen atoms in total. The number of nitrogens with one attached hydrogen (secondary N) is 1. The number of alkyl halides is 3. The molecule has 2 unspecified atom stereocenters. The van der Waals surface area contributed by atoms with Crippen molar-refractivity contribution in [3.63, 3.8) is 0 Å². The first-order chi connectivity index (χ1) is 20.7. The molecule has 1 aliphatic heterocycles. The quantitative estimate of drug-likeness (QED) is 0.317. The van der Waals surface area contributed by atoms with Gasteiger partial charge in [0.15, 0.2) is 0 Å². The van der Waals surface area contributed by atoms with Gasteiger partial charge in [0.2, 0.25) is 0 Å². The van der Waals surface area contributed by atoms with Gasteiger partial charge in [-0.05, 0) is 54.7 Å². The van der Waals surface area contributed by atoms with Crippen LogP contribution in [0.25, 0.3) is 11.1 Å². The Hall–Kier alpha value is -4.38. The van der Waals surface area contributed by atoms with Gasteiger partial charge in [0.05, 0.1) is 12.1 Å². The summed E-state index contributed by atoms with van der Waals surface area (Å²) in [6.07, 6.45) is -5.84. The molecule has 44 heavy (non-hydrogen) atoms. The van der Waals surface area contributed by atoms with E-state index in [0.717, 1.165) is 39.3 Å². The van der Waals surface area contributed by atoms with Gasteiger partial charge in [0.1, 0.15) is 23.8 Å². The lowest BCUT2D eigenvalue weighted by atomic mass is 9.95. The molecule has 3 aromatic rings. The average Bonchev–Trinajstić information content (AvgIpc) is 3.52. The molecule has 2 aliphatic rings. The molecule has 2 N–H and O–H groups in total. The zero-order chi connectivity index (χ0) is 31.9. The minimum atomic E-state index is -4.57. The number of hydrogen-bond acceptors (Lipinski definition) is 6. The fraction of sp³-hybridized carbons (Fsp3) is 0.364. The lowest BCUT2D eigenvalue weighted by molar-refractivity contribution is -0.159. The van der Waals surface area contributed by atoms with E-state index in [2.05, 4.69) is 5.32 Å². The number of carboxylic acid groups (broad SMARTS) is 1. The standard InChI is InChI=1S/C33H33F3N2O6/c1-31(2,3)44-28(39)27-16-32(29(40)41,37-17-20-9-8-10-21(15-20)33(34,35)36)19-38(27)30(42)43-18-26-24-13-6-4-11-22(24)23-12-5-7-14-25(23)26/h4-15,26-27,37H,16-19H2,1-3H3,(H,40,41). The van der Waals surface area contributed by atoms with Crippen LogP contribution in [0.4, 0.5) is 18.0 Å². The molecule has 2 atom stereocenters. The maximum atomic E-state index is 13.6. The van der Waals surface area contributed by atoms with Gasteiger partial charge >= 0.3 is 24.2 Å². The molecule has 11 heteroatoms. The third kappa shape index (κ3) is 6.28. The van der Waals surface area contributed by atoms with Gasteiger partial charge in [0.25, 0.3) is 0 Å². The van der Waals surface area contributed by atoms with Crippen molar-refractivity contribution < 1.29 is 42.1 Å². The summed E-state index contributed by atoms with van der Waals surface area (Å²) in [7, 11) is 0. The maximum absolute atomic E-state index is 13.6. The first-order valence-corrected chi connectivity index (χ1v) is 14.2. The Bertz CT molecular complexity index is 1540. The minimum absolute atomic E-state index is 0.0534. The number of carbonyl (C=O) groups excluding carboxylic acids is 2. The number of carboxylic acids is 1. The summed E-state index contributed by atoms with van der Waals surface area (Å²) in [5.41, 5.74) is 0.545. The molecule has 1 fully saturated rings. The smallest absolute Gasteiger partial charge is 0.416 e. The van der Waals surface area contributed by atoms with E-state index < -0.39 is 53.5 Å². The molecule has 0 spiro atoms. The largest absolute Gasteiger partial charge is 0.480 e. The van der Waals surface area contributed by atoms with Crippen molar-refractivity contribution in [2.24, 2.45) is 0 Å². The van der Waals surface area contributed by atoms with E-state index in [0.29, 0.717) is 0 Å². The Balaban J connectivity index is 1.38. The number of hydrogen-bond donors (Lipinski definition) is 2. The van der Waals surface area contributed by atoms with Crippen LogP contribution in [0.2, 0.25) is 0 Å². The first kappa shape index (κ1) is 31.1. The van der Waals surface area contributed by atoms with E-state index in [1.807, 2.05) is 48.5 Å². The topological polar surface area (TPSA) is 105 Å². The number of carbonyl (C=O) groups is 3. The van der Waals surface area contributed by atoms with Gasteiger partial charge in [-0.2, -0.15) is 13.2 Å². The second-order valence-corrected chi connectivity index (χ2v) is 12.1. The highest BCUT2D eigenvalue weighted by Crippen LogP contribution is 2.44. The summed E-state index contributed by atoms with van der Waals surface area (Å²) in [5.74, 6) is -2.45. The lowest BCUT2D eigenvalue weighted by Crippen LogP contribution is -2.54. The Morgan fingerprint density at radius 2 is 1.57 bits per heavy atom. The van der Waals surface area contributed by atoms with Crippen molar-refractivity contribution in [2.75, 3.05) is 13.2 Å². The number of aliphatic carboxylic acids is 1. The van der Waals surface area contributed by atoms with E-state index in [-0.39, 0.29) is 31.1 Å². The van der Waals surface area contributed by atoms with Crippen LogP contribution < -0.4 is 5.32 Å². The van der Waals surface area contributed by atoms with E-state index in [9.17, 15) is 32.7 Å². The van der Waals surface area contributed by atoms with E-state index in [4.69, 9.17) is 9.47 Å². The normalized spacial score (nSPS) is 19.8. The third-order valence-electron chi connectivity index (χ3n) is 7.90. The van der Waals surface area contributed by atoms with Gasteiger partial charge in [0, 0.05) is 18.9 Å². The van der Waals surface area contributed by atoms with Gasteiger partial charge in [-0.1, -0.05) is 66.7 Å². The molecular weight excluding hydrogens is 577 g/mol. The second kappa shape index (κ2) is 11.6. The average molecular weight is 611 g/mol. The molecule has 232 valence electrons. The predicted molar refractivity (Wildman–Crippen MR) is 155 cm³/mol. The highest BCUT2D eigenvalue weighted by Gasteiger charge is 2.55. The summed E-state index contributed by atoms with van der Waals surface area (Å²) < 4.78 is 51.0. The Labute approximate surface area is 252 Å². The van der Waals surface area contributed by atoms with Crippen LogP contribution in [-0.2, 0) is 31.8 Å². The van der Waals surface area contributed by atoms with Crippen molar-refractivity contribution in [2.45, 2.75) is 63.0 Å². The van der Waals surface area contributed by atoms with Crippen LogP contribution in [0.5, 0.6) is 0 Å². The van der Waals surface area contributed by atoms with Gasteiger partial charge < -0.3 is 14.6 Å². The predicted octanol–water partition coefficient (Wildman–Crippen LogP) is 5.98. The van der Waals surface area contributed by atoms with E-state index in [1.165, 1.54) is 12.1 Å². The molecule has 0 bridgehead atoms. The summed E-state index contributed by atoms with van der Waals surface area (Å²) in [6, 6.07) is 18.8. The molecule has 1 aliphatic carbocycles. The van der Waals surface area contributed by atoms with E-state index in [1.54, 1.807) is 20.8 Å². The molecular formula is C33H33F3N2O6. The van der Waals surface area contributed by atoms with Crippen molar-refractivity contribution in [3.05, 3.63) is 95.1 Å². The van der Waals surface area contributed by atoms with Crippen LogP contribution in [0.1, 0.15) is 55.4 Å². The van der Waals surface area contributed by atoms with Crippen molar-refractivity contribution in [1.29, 1.82) is 0 Å². The molecule has 3 aromatic carbocycles. The Morgan fingerprint density at radius 1 is 0.955 bits per heavy atom. The number of rotatable bonds is 7. The summed E-state index contributed by atoms with van der Waals surface area (Å²) >= 11 is 0. The molecule has 1 heterocycles. The second-order valence-electron chi connectivity index (χ2n) is 12.1. The van der Waals surface area contributed by atoms with Crippen LogP contribution in [0.15, 0.2) is 72.8 Å². The summed E-state index contributed by atoms with van der Waals surface area (Å²) in [6.45, 7) is 4.16. The molecule has 0 saturated carbocycles. The molecule has 0 radical (unpaired) electrons. The van der Waals surface area contributed by atoms with E-state index >= 15 is 0 Å². The Morgan fingerprint density at radius 3 is 2.14 bits per heavy atom. The van der Waals surface area contributed by atoms with Crippen molar-refractivity contribution in [1.82, 2.24) is 10.2 Å². The number of esters is 1. The van der Waals surface area contributed by atoms with Gasteiger partial charge in [-0.3, -0.25) is 15.0 Å². The molecule has 0 aromatic heterocycles. The number of likely N-dealkylation sites (tertiary alicyclic amines) is 1. The SMILES string of the molecule is CC(C)(C)OC(=O)C1CC(NCc2cccc(C(F)(F)F)c2)(C(=O)O)CN1C(=O)OCC1c2ccccc2-c2ccccc21. The lowest BCUT2D eigenvalue weighted by Gasteiger charge is -2.27. The zero-order valence-electron chi connectivity index (χ0n) is 24.5. The van der Waals surface area contributed by atoms with Crippen LogP contribution >= 0.6 is 0 Å². The highest BCUT2D eigenvalue weighted by atomic mass is 19.4. The number of amides is 1. The van der Waals surface area contributed by atoms with Gasteiger partial charge in [-0.15, -0.1) is 0 Å². The van der Waals surface area contributed by atoms with Crippen LogP contribution in [-0.4, -0.2) is 58.4 Å². The van der Waals surface area contributed by atoms with Crippen LogP contribution in [0, 0.1) is 0 Å². The zero-order valence-corrected chi connectivity index (χ0v) is 24.5. The van der Waals surface area contributed by atoms with Crippen molar-refractivity contribution >= 4 is 18.0 Å². The van der Waals surface area contributed by atoms with Gasteiger partial charge in [-0.25, -0.2) is 9.59 Å². The fourth-order valence-corrected chi connectivity index (χ4v) is 5.84. The number of ether oxygens (including phenoxy) is 2. The number of halogens is 3.